The number of pyridine rings is 1. The number of hydrogen-bond donors (Lipinski definition) is 1. The minimum Gasteiger partial charge on any atom is -0.373 e. The Morgan fingerprint density at radius 3 is 2.62 bits per heavy atom. The van der Waals surface area contributed by atoms with Crippen LogP contribution in [-0.2, 0) is 16.6 Å². The highest BCUT2D eigenvalue weighted by atomic mass is 32.2. The van der Waals surface area contributed by atoms with Gasteiger partial charge in [-0.1, -0.05) is 24.3 Å². The van der Waals surface area contributed by atoms with E-state index in [-0.39, 0.29) is 4.90 Å². The van der Waals surface area contributed by atoms with Gasteiger partial charge in [0.15, 0.2) is 0 Å². The van der Waals surface area contributed by atoms with Crippen LogP contribution in [-0.4, -0.2) is 31.8 Å². The summed E-state index contributed by atoms with van der Waals surface area (Å²) >= 11 is 0. The number of aromatic nitrogens is 1. The zero-order valence-electron chi connectivity index (χ0n) is 12.4. The summed E-state index contributed by atoms with van der Waals surface area (Å²) in [6, 6.07) is 10.8. The maximum absolute atomic E-state index is 12.6. The Balaban J connectivity index is 2.28. The molecule has 0 fully saturated rings. The predicted octanol–water partition coefficient (Wildman–Crippen LogP) is 2.25. The maximum Gasteiger partial charge on any atom is 0.243 e. The molecule has 5 nitrogen and oxygen atoms in total. The van der Waals surface area contributed by atoms with E-state index >= 15 is 0 Å². The van der Waals surface area contributed by atoms with Gasteiger partial charge >= 0.3 is 0 Å². The minimum absolute atomic E-state index is 0.234. The number of aryl methyl sites for hydroxylation is 1. The van der Waals surface area contributed by atoms with Crippen LogP contribution in [0.15, 0.2) is 47.5 Å². The SMILES string of the molecule is CNc1cc(S(=O)(=O)N(C)Cc2ccccc2C)ccn1. The van der Waals surface area contributed by atoms with Gasteiger partial charge in [-0.25, -0.2) is 13.4 Å². The van der Waals surface area contributed by atoms with Gasteiger partial charge < -0.3 is 5.32 Å². The molecule has 1 N–H and O–H groups in total. The summed E-state index contributed by atoms with van der Waals surface area (Å²) in [6.07, 6.45) is 1.49. The van der Waals surface area contributed by atoms with Crippen LogP contribution in [0.25, 0.3) is 0 Å². The molecular weight excluding hydrogens is 286 g/mol. The molecule has 0 aliphatic carbocycles. The zero-order valence-corrected chi connectivity index (χ0v) is 13.2. The number of sulfonamides is 1. The highest BCUT2D eigenvalue weighted by molar-refractivity contribution is 7.89. The fourth-order valence-corrected chi connectivity index (χ4v) is 3.16. The second-order valence-corrected chi connectivity index (χ2v) is 6.86. The van der Waals surface area contributed by atoms with Gasteiger partial charge in [0.2, 0.25) is 10.0 Å². The average Bonchev–Trinajstić information content (AvgIpc) is 2.49. The molecule has 2 rings (SSSR count). The first-order chi connectivity index (χ1) is 9.95. The third-order valence-corrected chi connectivity index (χ3v) is 5.15. The largest absolute Gasteiger partial charge is 0.373 e. The average molecular weight is 305 g/mol. The van der Waals surface area contributed by atoms with E-state index in [1.54, 1.807) is 14.1 Å². The summed E-state index contributed by atoms with van der Waals surface area (Å²) in [5, 5.41) is 2.84. The van der Waals surface area contributed by atoms with Crippen molar-refractivity contribution in [2.75, 3.05) is 19.4 Å². The molecule has 112 valence electrons. The minimum atomic E-state index is -3.53. The summed E-state index contributed by atoms with van der Waals surface area (Å²) < 4.78 is 26.5. The highest BCUT2D eigenvalue weighted by Gasteiger charge is 2.21. The number of nitrogens with zero attached hydrogens (tertiary/aromatic N) is 2. The van der Waals surface area contributed by atoms with Crippen molar-refractivity contribution in [3.05, 3.63) is 53.7 Å². The molecule has 2 aromatic rings. The van der Waals surface area contributed by atoms with E-state index in [2.05, 4.69) is 10.3 Å². The molecular formula is C15H19N3O2S. The van der Waals surface area contributed by atoms with Crippen LogP contribution in [0.1, 0.15) is 11.1 Å². The molecule has 0 radical (unpaired) electrons. The van der Waals surface area contributed by atoms with Crippen LogP contribution in [0.3, 0.4) is 0 Å². The fourth-order valence-electron chi connectivity index (χ4n) is 2.00. The van der Waals surface area contributed by atoms with Gasteiger partial charge in [0.1, 0.15) is 5.82 Å². The van der Waals surface area contributed by atoms with E-state index in [4.69, 9.17) is 0 Å². The zero-order chi connectivity index (χ0) is 15.5. The molecule has 6 heteroatoms. The summed E-state index contributed by atoms with van der Waals surface area (Å²) in [4.78, 5) is 4.27. The molecule has 0 saturated heterocycles. The molecule has 0 aliphatic heterocycles. The summed E-state index contributed by atoms with van der Waals surface area (Å²) in [5.74, 6) is 0.528. The van der Waals surface area contributed by atoms with Gasteiger partial charge in [-0.3, -0.25) is 0 Å². The van der Waals surface area contributed by atoms with Crippen molar-refractivity contribution in [1.29, 1.82) is 0 Å². The Morgan fingerprint density at radius 2 is 1.95 bits per heavy atom. The molecule has 0 unspecified atom stereocenters. The standard InChI is InChI=1S/C15H19N3O2S/c1-12-6-4-5-7-13(12)11-18(3)21(19,20)14-8-9-17-15(10-14)16-2/h4-10H,11H2,1-3H3,(H,16,17). The van der Waals surface area contributed by atoms with Crippen molar-refractivity contribution >= 4 is 15.8 Å². The molecule has 1 aromatic heterocycles. The third kappa shape index (κ3) is 3.40. The second-order valence-electron chi connectivity index (χ2n) is 4.81. The molecule has 0 bridgehead atoms. The van der Waals surface area contributed by atoms with Crippen molar-refractivity contribution in [3.8, 4) is 0 Å². The van der Waals surface area contributed by atoms with Crippen molar-refractivity contribution in [2.45, 2.75) is 18.4 Å². The van der Waals surface area contributed by atoms with Gasteiger partial charge in [-0.15, -0.1) is 0 Å². The summed E-state index contributed by atoms with van der Waals surface area (Å²) in [7, 11) is -0.244. The Hall–Kier alpha value is -1.92. The molecule has 0 aliphatic rings. The molecule has 0 amide bonds. The molecule has 0 saturated carbocycles. The Bertz CT molecular complexity index is 729. The highest BCUT2D eigenvalue weighted by Crippen LogP contribution is 2.19. The van der Waals surface area contributed by atoms with Gasteiger partial charge in [0.25, 0.3) is 0 Å². The fraction of sp³-hybridized carbons (Fsp3) is 0.267. The van der Waals surface area contributed by atoms with Crippen LogP contribution < -0.4 is 5.32 Å². The van der Waals surface area contributed by atoms with Crippen LogP contribution >= 0.6 is 0 Å². The Labute approximate surface area is 125 Å². The lowest BCUT2D eigenvalue weighted by molar-refractivity contribution is 0.466. The van der Waals surface area contributed by atoms with E-state index in [0.29, 0.717) is 12.4 Å². The van der Waals surface area contributed by atoms with E-state index in [1.165, 1.54) is 22.6 Å². The van der Waals surface area contributed by atoms with Gasteiger partial charge in [0, 0.05) is 32.9 Å². The quantitative estimate of drug-likeness (QED) is 0.920. The second kappa shape index (κ2) is 6.24. The van der Waals surface area contributed by atoms with Gasteiger partial charge in [0.05, 0.1) is 4.90 Å². The third-order valence-electron chi connectivity index (χ3n) is 3.35. The Kier molecular flexibility index (Phi) is 4.59. The van der Waals surface area contributed by atoms with Gasteiger partial charge in [-0.05, 0) is 24.1 Å². The molecule has 0 atom stereocenters. The summed E-state index contributed by atoms with van der Waals surface area (Å²) in [5.41, 5.74) is 2.07. The van der Waals surface area contributed by atoms with Crippen molar-refractivity contribution in [2.24, 2.45) is 0 Å². The smallest absolute Gasteiger partial charge is 0.243 e. The van der Waals surface area contributed by atoms with Crippen LogP contribution in [0, 0.1) is 6.92 Å². The van der Waals surface area contributed by atoms with Crippen LogP contribution in [0.4, 0.5) is 5.82 Å². The molecule has 1 aromatic carbocycles. The first-order valence-corrected chi connectivity index (χ1v) is 8.04. The number of rotatable bonds is 5. The van der Waals surface area contributed by atoms with Gasteiger partial charge in [-0.2, -0.15) is 4.31 Å². The maximum atomic E-state index is 12.6. The molecule has 0 spiro atoms. The Morgan fingerprint density at radius 1 is 1.24 bits per heavy atom. The number of anilines is 1. The number of nitrogens with one attached hydrogen (secondary N) is 1. The number of benzene rings is 1. The van der Waals surface area contributed by atoms with Crippen molar-refractivity contribution in [3.63, 3.8) is 0 Å². The lowest BCUT2D eigenvalue weighted by atomic mass is 10.1. The van der Waals surface area contributed by atoms with E-state index in [0.717, 1.165) is 11.1 Å². The first kappa shape index (κ1) is 15.5. The van der Waals surface area contributed by atoms with Crippen molar-refractivity contribution < 1.29 is 8.42 Å². The number of hydrogen-bond acceptors (Lipinski definition) is 4. The lowest BCUT2D eigenvalue weighted by Gasteiger charge is -2.18. The topological polar surface area (TPSA) is 62.3 Å². The molecule has 1 heterocycles. The summed E-state index contributed by atoms with van der Waals surface area (Å²) in [6.45, 7) is 2.31. The molecule has 21 heavy (non-hydrogen) atoms. The normalized spacial score (nSPS) is 11.6. The van der Waals surface area contributed by atoms with Crippen LogP contribution in [0.2, 0.25) is 0 Å². The predicted molar refractivity (Wildman–Crippen MR) is 83.6 cm³/mol. The monoisotopic (exact) mass is 305 g/mol. The van der Waals surface area contributed by atoms with E-state index in [1.807, 2.05) is 31.2 Å². The van der Waals surface area contributed by atoms with Crippen LogP contribution in [0.5, 0.6) is 0 Å². The lowest BCUT2D eigenvalue weighted by Crippen LogP contribution is -2.27. The van der Waals surface area contributed by atoms with E-state index in [9.17, 15) is 8.42 Å². The van der Waals surface area contributed by atoms with E-state index < -0.39 is 10.0 Å². The van der Waals surface area contributed by atoms with Crippen molar-refractivity contribution in [1.82, 2.24) is 9.29 Å². The first-order valence-electron chi connectivity index (χ1n) is 6.60.